The van der Waals surface area contributed by atoms with Gasteiger partial charge in [0.25, 0.3) is 5.56 Å². The minimum atomic E-state index is -0.407. The van der Waals surface area contributed by atoms with Gasteiger partial charge in [0, 0.05) is 5.02 Å². The van der Waals surface area contributed by atoms with Crippen molar-refractivity contribution in [3.05, 3.63) is 63.7 Å². The molecule has 1 heterocycles. The Morgan fingerprint density at radius 1 is 1.17 bits per heavy atom. The highest BCUT2D eigenvalue weighted by atomic mass is 35.5. The van der Waals surface area contributed by atoms with Gasteiger partial charge in [0.15, 0.2) is 0 Å². The summed E-state index contributed by atoms with van der Waals surface area (Å²) in [6.45, 7) is 0. The van der Waals surface area contributed by atoms with E-state index < -0.39 is 5.82 Å². The number of hydrogen-bond acceptors (Lipinski definition) is 2. The highest BCUT2D eigenvalue weighted by Gasteiger charge is 2.10. The van der Waals surface area contributed by atoms with Crippen molar-refractivity contribution in [3.8, 4) is 5.69 Å². The number of hydrogen-bond donors (Lipinski definition) is 0. The van der Waals surface area contributed by atoms with Crippen LogP contribution in [0.25, 0.3) is 15.8 Å². The van der Waals surface area contributed by atoms with Gasteiger partial charge >= 0.3 is 0 Å². The van der Waals surface area contributed by atoms with Crippen molar-refractivity contribution >= 4 is 33.2 Å². The van der Waals surface area contributed by atoms with Crippen LogP contribution in [0.4, 0.5) is 4.39 Å². The second kappa shape index (κ2) is 4.23. The summed E-state index contributed by atoms with van der Waals surface area (Å²) in [5.74, 6) is -0.407. The van der Waals surface area contributed by atoms with Gasteiger partial charge in [-0.05, 0) is 36.4 Å². The molecule has 3 rings (SSSR count). The van der Waals surface area contributed by atoms with Gasteiger partial charge in [-0.2, -0.15) is 0 Å². The van der Waals surface area contributed by atoms with Crippen LogP contribution in [-0.4, -0.2) is 3.96 Å². The van der Waals surface area contributed by atoms with E-state index in [1.54, 1.807) is 30.3 Å². The maximum atomic E-state index is 13.1. The number of halogens is 2. The normalized spacial score (nSPS) is 11.0. The molecule has 0 N–H and O–H groups in total. The number of nitrogens with zero attached hydrogens (tertiary/aromatic N) is 1. The largest absolute Gasteiger partial charge is 0.273 e. The van der Waals surface area contributed by atoms with Crippen molar-refractivity contribution in [1.82, 2.24) is 3.96 Å². The highest BCUT2D eigenvalue weighted by Crippen LogP contribution is 2.22. The maximum absolute atomic E-state index is 13.1. The summed E-state index contributed by atoms with van der Waals surface area (Å²) in [6.07, 6.45) is 0. The SMILES string of the molecule is O=c1c2cc(F)ccc2sn1-c1cccc(Cl)c1. The molecule has 0 spiro atoms. The smallest absolute Gasteiger partial charge is 0.267 e. The molecule has 0 atom stereocenters. The fraction of sp³-hybridized carbons (Fsp3) is 0. The van der Waals surface area contributed by atoms with Crippen LogP contribution in [0.15, 0.2) is 47.3 Å². The maximum Gasteiger partial charge on any atom is 0.273 e. The van der Waals surface area contributed by atoms with Crippen molar-refractivity contribution in [2.75, 3.05) is 0 Å². The van der Waals surface area contributed by atoms with Crippen molar-refractivity contribution in [2.24, 2.45) is 0 Å². The first-order valence-corrected chi connectivity index (χ1v) is 6.38. The molecule has 18 heavy (non-hydrogen) atoms. The van der Waals surface area contributed by atoms with E-state index in [4.69, 9.17) is 11.6 Å². The predicted molar refractivity (Wildman–Crippen MR) is 72.4 cm³/mol. The number of benzene rings is 2. The van der Waals surface area contributed by atoms with Crippen LogP contribution >= 0.6 is 23.1 Å². The van der Waals surface area contributed by atoms with Crippen LogP contribution in [0, 0.1) is 5.82 Å². The van der Waals surface area contributed by atoms with Gasteiger partial charge in [-0.15, -0.1) is 0 Å². The molecular weight excluding hydrogens is 273 g/mol. The molecule has 90 valence electrons. The first-order chi connectivity index (χ1) is 8.65. The van der Waals surface area contributed by atoms with Gasteiger partial charge in [-0.3, -0.25) is 4.79 Å². The zero-order chi connectivity index (χ0) is 12.7. The Labute approximate surface area is 111 Å². The standard InChI is InChI=1S/C13H7ClFNOS/c14-8-2-1-3-10(6-8)16-13(17)11-7-9(15)4-5-12(11)18-16/h1-7H. The zero-order valence-corrected chi connectivity index (χ0v) is 10.6. The Morgan fingerprint density at radius 2 is 2.00 bits per heavy atom. The van der Waals surface area contributed by atoms with E-state index in [1.807, 2.05) is 0 Å². The Kier molecular flexibility index (Phi) is 2.69. The van der Waals surface area contributed by atoms with Crippen LogP contribution in [0.5, 0.6) is 0 Å². The molecule has 0 fully saturated rings. The molecule has 2 nitrogen and oxygen atoms in total. The van der Waals surface area contributed by atoms with Gasteiger partial charge < -0.3 is 0 Å². The Balaban J connectivity index is 2.31. The fourth-order valence-corrected chi connectivity index (χ4v) is 2.93. The molecule has 0 amide bonds. The molecule has 0 radical (unpaired) electrons. The highest BCUT2D eigenvalue weighted by molar-refractivity contribution is 7.14. The lowest BCUT2D eigenvalue weighted by molar-refractivity contribution is 0.629. The van der Waals surface area contributed by atoms with E-state index in [9.17, 15) is 9.18 Å². The molecule has 5 heteroatoms. The Morgan fingerprint density at radius 3 is 2.78 bits per heavy atom. The van der Waals surface area contributed by atoms with Crippen LogP contribution in [0.3, 0.4) is 0 Å². The molecule has 0 bridgehead atoms. The second-order valence-electron chi connectivity index (χ2n) is 3.81. The van der Waals surface area contributed by atoms with Gasteiger partial charge in [-0.1, -0.05) is 29.2 Å². The molecule has 1 aromatic heterocycles. The van der Waals surface area contributed by atoms with Crippen LogP contribution in [0.1, 0.15) is 0 Å². The van der Waals surface area contributed by atoms with Crippen LogP contribution in [-0.2, 0) is 0 Å². The number of rotatable bonds is 1. The summed E-state index contributed by atoms with van der Waals surface area (Å²) in [5.41, 5.74) is 0.464. The third-order valence-electron chi connectivity index (χ3n) is 2.59. The van der Waals surface area contributed by atoms with Crippen molar-refractivity contribution in [2.45, 2.75) is 0 Å². The van der Waals surface area contributed by atoms with E-state index >= 15 is 0 Å². The summed E-state index contributed by atoms with van der Waals surface area (Å²) >= 11 is 7.17. The van der Waals surface area contributed by atoms with E-state index in [2.05, 4.69) is 0 Å². The quantitative estimate of drug-likeness (QED) is 0.663. The lowest BCUT2D eigenvalue weighted by Gasteiger charge is -1.99. The fourth-order valence-electron chi connectivity index (χ4n) is 1.77. The Hall–Kier alpha value is -1.65. The molecule has 0 unspecified atom stereocenters. The van der Waals surface area contributed by atoms with Crippen molar-refractivity contribution in [3.63, 3.8) is 0 Å². The average Bonchev–Trinajstić information content (AvgIpc) is 2.67. The summed E-state index contributed by atoms with van der Waals surface area (Å²) in [6, 6.07) is 11.2. The first kappa shape index (κ1) is 11.4. The van der Waals surface area contributed by atoms with Crippen LogP contribution in [0.2, 0.25) is 5.02 Å². The van der Waals surface area contributed by atoms with E-state index in [0.29, 0.717) is 16.1 Å². The topological polar surface area (TPSA) is 22.0 Å². The molecule has 0 saturated carbocycles. The van der Waals surface area contributed by atoms with Crippen molar-refractivity contribution in [1.29, 1.82) is 0 Å². The lowest BCUT2D eigenvalue weighted by Crippen LogP contribution is -2.10. The lowest BCUT2D eigenvalue weighted by atomic mass is 10.2. The molecule has 3 aromatic rings. The summed E-state index contributed by atoms with van der Waals surface area (Å²) in [7, 11) is 0. The summed E-state index contributed by atoms with van der Waals surface area (Å²) < 4.78 is 15.4. The molecular formula is C13H7ClFNOS. The molecule has 2 aromatic carbocycles. The third-order valence-corrected chi connectivity index (χ3v) is 3.94. The average molecular weight is 280 g/mol. The molecule has 0 saturated heterocycles. The number of fused-ring (bicyclic) bond motifs is 1. The number of aromatic nitrogens is 1. The van der Waals surface area contributed by atoms with Gasteiger partial charge in [0.05, 0.1) is 15.8 Å². The minimum absolute atomic E-state index is 0.225. The van der Waals surface area contributed by atoms with E-state index in [-0.39, 0.29) is 5.56 Å². The van der Waals surface area contributed by atoms with Gasteiger partial charge in [0.2, 0.25) is 0 Å². The third kappa shape index (κ3) is 1.83. The molecule has 0 aliphatic carbocycles. The summed E-state index contributed by atoms with van der Waals surface area (Å²) in [5, 5.41) is 0.947. The van der Waals surface area contributed by atoms with Gasteiger partial charge in [-0.25, -0.2) is 8.35 Å². The van der Waals surface area contributed by atoms with E-state index in [1.165, 1.54) is 27.6 Å². The monoisotopic (exact) mass is 279 g/mol. The van der Waals surface area contributed by atoms with Crippen LogP contribution < -0.4 is 5.56 Å². The zero-order valence-electron chi connectivity index (χ0n) is 9.06. The van der Waals surface area contributed by atoms with E-state index in [0.717, 1.165) is 4.70 Å². The Bertz CT molecular complexity index is 793. The molecule has 0 aliphatic heterocycles. The van der Waals surface area contributed by atoms with Gasteiger partial charge in [0.1, 0.15) is 5.82 Å². The first-order valence-electron chi connectivity index (χ1n) is 5.23. The minimum Gasteiger partial charge on any atom is -0.267 e. The summed E-state index contributed by atoms with van der Waals surface area (Å²) in [4.78, 5) is 12.2. The second-order valence-corrected chi connectivity index (χ2v) is 5.24. The van der Waals surface area contributed by atoms with Crippen molar-refractivity contribution < 1.29 is 4.39 Å². The molecule has 0 aliphatic rings. The predicted octanol–water partition coefficient (Wildman–Crippen LogP) is 3.84.